The van der Waals surface area contributed by atoms with Crippen LogP contribution in [0.2, 0.25) is 0 Å². The van der Waals surface area contributed by atoms with Gasteiger partial charge in [-0.3, -0.25) is 4.79 Å². The third-order valence-corrected chi connectivity index (χ3v) is 1.31. The Kier molecular flexibility index (Phi) is 3.27. The fourth-order valence-corrected chi connectivity index (χ4v) is 0.703. The molecule has 0 saturated heterocycles. The van der Waals surface area contributed by atoms with Crippen molar-refractivity contribution in [2.24, 2.45) is 5.73 Å². The molecule has 0 bridgehead atoms. The van der Waals surface area contributed by atoms with Gasteiger partial charge in [0.2, 0.25) is 0 Å². The van der Waals surface area contributed by atoms with Crippen molar-refractivity contribution >= 4 is 11.9 Å². The van der Waals surface area contributed by atoms with Gasteiger partial charge < -0.3 is 10.5 Å². The second-order valence-corrected chi connectivity index (χ2v) is 2.35. The van der Waals surface area contributed by atoms with E-state index in [1.165, 1.54) is 0 Å². The molecule has 0 aliphatic carbocycles. The molecule has 70 valence electrons. The zero-order chi connectivity index (χ0) is 10.4. The van der Waals surface area contributed by atoms with Crippen LogP contribution in [0.4, 0.5) is 0 Å². The molecule has 4 heteroatoms. The van der Waals surface area contributed by atoms with Gasteiger partial charge >= 0.3 is 11.9 Å². The normalized spacial score (nSPS) is 8.29. The molecule has 1 aromatic carbocycles. The first-order valence-electron chi connectivity index (χ1n) is 3.77. The zero-order valence-corrected chi connectivity index (χ0v) is 7.19. The lowest BCUT2D eigenvalue weighted by Gasteiger charge is -1.88. The predicted octanol–water partition coefficient (Wildman–Crippen LogP) is 0.0241. The molecule has 0 saturated carbocycles. The van der Waals surface area contributed by atoms with Gasteiger partial charge in [0.05, 0.1) is 0 Å². The first-order valence-corrected chi connectivity index (χ1v) is 3.77. The van der Waals surface area contributed by atoms with Crippen molar-refractivity contribution < 1.29 is 14.3 Å². The van der Waals surface area contributed by atoms with E-state index in [9.17, 15) is 9.59 Å². The van der Waals surface area contributed by atoms with Crippen LogP contribution in [-0.2, 0) is 14.3 Å². The highest BCUT2D eigenvalue weighted by Gasteiger charge is 2.07. The summed E-state index contributed by atoms with van der Waals surface area (Å²) < 4.78 is 4.23. The Morgan fingerprint density at radius 3 is 2.43 bits per heavy atom. The molecule has 0 unspecified atom stereocenters. The summed E-state index contributed by atoms with van der Waals surface area (Å²) in [4.78, 5) is 20.8. The Hall–Kier alpha value is -2.28. The maximum absolute atomic E-state index is 10.5. The maximum atomic E-state index is 10.5. The van der Waals surface area contributed by atoms with Crippen LogP contribution in [0.25, 0.3) is 0 Å². The average Bonchev–Trinajstić information content (AvgIpc) is 2.19. The summed E-state index contributed by atoms with van der Waals surface area (Å²) in [6, 6.07) is 8.90. The largest absolute Gasteiger partial charge is 0.410 e. The average molecular weight is 189 g/mol. The Labute approximate surface area is 80.7 Å². The zero-order valence-electron chi connectivity index (χ0n) is 7.19. The first kappa shape index (κ1) is 9.81. The van der Waals surface area contributed by atoms with Crippen molar-refractivity contribution in [3.05, 3.63) is 35.9 Å². The van der Waals surface area contributed by atoms with Gasteiger partial charge in [-0.15, -0.1) is 0 Å². The van der Waals surface area contributed by atoms with Crippen LogP contribution in [-0.4, -0.2) is 11.9 Å². The van der Waals surface area contributed by atoms with Crippen LogP contribution in [0, 0.1) is 12.0 Å². The molecule has 1 rings (SSSR count). The first-order chi connectivity index (χ1) is 6.70. The van der Waals surface area contributed by atoms with Crippen molar-refractivity contribution in [2.75, 3.05) is 0 Å². The molecule has 0 aliphatic heterocycles. The SMILES string of the molecule is NC(=O)C(=O)OC#Cc1ccccc1. The molecule has 0 fully saturated rings. The number of rotatable bonds is 0. The number of hydrogen-bond acceptors (Lipinski definition) is 3. The number of hydrogen-bond donors (Lipinski definition) is 1. The third kappa shape index (κ3) is 2.99. The number of benzene rings is 1. The standard InChI is InChI=1S/C10H7NO3/c11-9(12)10(13)14-7-6-8-4-2-1-3-5-8/h1-5H,(H2,11,12). The fraction of sp³-hybridized carbons (Fsp3) is 0. The number of primary amides is 1. The van der Waals surface area contributed by atoms with E-state index in [1.807, 2.05) is 6.07 Å². The topological polar surface area (TPSA) is 69.4 Å². The molecule has 0 aliphatic rings. The molecule has 1 amide bonds. The van der Waals surface area contributed by atoms with Crippen LogP contribution in [0.1, 0.15) is 5.56 Å². The van der Waals surface area contributed by atoms with Crippen molar-refractivity contribution in [1.82, 2.24) is 0 Å². The summed E-state index contributed by atoms with van der Waals surface area (Å²) in [6.07, 6.45) is 2.08. The van der Waals surface area contributed by atoms with E-state index in [0.717, 1.165) is 0 Å². The molecule has 4 nitrogen and oxygen atoms in total. The number of amides is 1. The van der Waals surface area contributed by atoms with Gasteiger partial charge in [-0.05, 0) is 18.1 Å². The smallest absolute Gasteiger partial charge is 0.365 e. The molecule has 0 radical (unpaired) electrons. The lowest BCUT2D eigenvalue weighted by atomic mass is 10.2. The van der Waals surface area contributed by atoms with Crippen molar-refractivity contribution in [3.63, 3.8) is 0 Å². The summed E-state index contributed by atoms with van der Waals surface area (Å²) in [7, 11) is 0. The second-order valence-electron chi connectivity index (χ2n) is 2.35. The summed E-state index contributed by atoms with van der Waals surface area (Å²) in [5.41, 5.74) is 5.32. The van der Waals surface area contributed by atoms with Crippen molar-refractivity contribution in [1.29, 1.82) is 0 Å². The molecular weight excluding hydrogens is 182 g/mol. The molecule has 14 heavy (non-hydrogen) atoms. The van der Waals surface area contributed by atoms with Gasteiger partial charge in [0.15, 0.2) is 0 Å². The minimum Gasteiger partial charge on any atom is -0.365 e. The molecule has 0 spiro atoms. The van der Waals surface area contributed by atoms with Crippen LogP contribution >= 0.6 is 0 Å². The highest BCUT2D eigenvalue weighted by atomic mass is 16.5. The van der Waals surface area contributed by atoms with E-state index in [4.69, 9.17) is 0 Å². The molecular formula is C10H7NO3. The van der Waals surface area contributed by atoms with E-state index >= 15 is 0 Å². The van der Waals surface area contributed by atoms with Crippen molar-refractivity contribution in [3.8, 4) is 12.0 Å². The van der Waals surface area contributed by atoms with Crippen LogP contribution < -0.4 is 5.73 Å². The molecule has 0 aromatic heterocycles. The summed E-state index contributed by atoms with van der Waals surface area (Å²) in [6.45, 7) is 0. The van der Waals surface area contributed by atoms with Gasteiger partial charge in [-0.1, -0.05) is 18.2 Å². The molecule has 1 aromatic rings. The van der Waals surface area contributed by atoms with E-state index < -0.39 is 11.9 Å². The summed E-state index contributed by atoms with van der Waals surface area (Å²) >= 11 is 0. The lowest BCUT2D eigenvalue weighted by molar-refractivity contribution is -0.148. The number of carbonyl (C=O) groups is 2. The van der Waals surface area contributed by atoms with Crippen LogP contribution in [0.3, 0.4) is 0 Å². The molecule has 0 heterocycles. The van der Waals surface area contributed by atoms with Gasteiger partial charge in [0.25, 0.3) is 0 Å². The van der Waals surface area contributed by atoms with Gasteiger partial charge in [0, 0.05) is 5.56 Å². The number of carbonyl (C=O) groups excluding carboxylic acids is 2. The third-order valence-electron chi connectivity index (χ3n) is 1.31. The minimum atomic E-state index is -1.16. The van der Waals surface area contributed by atoms with Crippen LogP contribution in [0.5, 0.6) is 0 Å². The lowest BCUT2D eigenvalue weighted by Crippen LogP contribution is -2.23. The number of nitrogens with two attached hydrogens (primary N) is 1. The van der Waals surface area contributed by atoms with Crippen molar-refractivity contribution in [2.45, 2.75) is 0 Å². The van der Waals surface area contributed by atoms with E-state index in [0.29, 0.717) is 5.56 Å². The summed E-state index contributed by atoms with van der Waals surface area (Å²) in [5.74, 6) is 0.211. The van der Waals surface area contributed by atoms with E-state index in [-0.39, 0.29) is 0 Å². The molecule has 2 N–H and O–H groups in total. The van der Waals surface area contributed by atoms with E-state index in [1.54, 1.807) is 24.3 Å². The second kappa shape index (κ2) is 4.67. The minimum absolute atomic E-state index is 0.685. The quantitative estimate of drug-likeness (QED) is 0.355. The Morgan fingerprint density at radius 2 is 1.86 bits per heavy atom. The van der Waals surface area contributed by atoms with Crippen LogP contribution in [0.15, 0.2) is 30.3 Å². The van der Waals surface area contributed by atoms with Gasteiger partial charge in [0.1, 0.15) is 6.11 Å². The number of esters is 1. The van der Waals surface area contributed by atoms with E-state index in [2.05, 4.69) is 22.5 Å². The van der Waals surface area contributed by atoms with Gasteiger partial charge in [-0.2, -0.15) is 0 Å². The van der Waals surface area contributed by atoms with Gasteiger partial charge in [-0.25, -0.2) is 4.79 Å². The predicted molar refractivity (Wildman–Crippen MR) is 48.6 cm³/mol. The Morgan fingerprint density at radius 1 is 1.21 bits per heavy atom. The Bertz CT molecular complexity index is 400. The number of ether oxygens (including phenoxy) is 1. The monoisotopic (exact) mass is 189 g/mol. The highest BCUT2D eigenvalue weighted by Crippen LogP contribution is 1.94. The highest BCUT2D eigenvalue weighted by molar-refractivity contribution is 6.32. The summed E-state index contributed by atoms with van der Waals surface area (Å²) in [5, 5.41) is 0. The Balaban J connectivity index is 2.58. The fourth-order valence-electron chi connectivity index (χ4n) is 0.703. The molecule has 0 atom stereocenters. The maximum Gasteiger partial charge on any atom is 0.410 e.